The number of nitrogens with one attached hydrogen (secondary N) is 1. The van der Waals surface area contributed by atoms with Crippen LogP contribution in [-0.2, 0) is 0 Å². The van der Waals surface area contributed by atoms with Crippen LogP contribution in [0.4, 0.5) is 5.69 Å². The number of hydrogen-bond donors (Lipinski definition) is 1. The van der Waals surface area contributed by atoms with E-state index in [-0.39, 0.29) is 5.91 Å². The SMILES string of the molecule is Cc1oc(-c2ccccc2)cc1C(=O)Nc1ccc(Br)cc1. The molecule has 0 aliphatic carbocycles. The zero-order chi connectivity index (χ0) is 15.5. The topological polar surface area (TPSA) is 42.2 Å². The molecule has 0 fully saturated rings. The molecule has 1 aromatic heterocycles. The number of carbonyl (C=O) groups is 1. The molecule has 3 rings (SSSR count). The van der Waals surface area contributed by atoms with Gasteiger partial charge in [0.25, 0.3) is 5.91 Å². The molecule has 0 saturated carbocycles. The number of anilines is 1. The van der Waals surface area contributed by atoms with Crippen molar-refractivity contribution in [2.75, 3.05) is 5.32 Å². The number of benzene rings is 2. The van der Waals surface area contributed by atoms with Crippen molar-refractivity contribution in [2.24, 2.45) is 0 Å². The van der Waals surface area contributed by atoms with Crippen molar-refractivity contribution in [2.45, 2.75) is 6.92 Å². The summed E-state index contributed by atoms with van der Waals surface area (Å²) in [6, 6.07) is 19.0. The fraction of sp³-hybridized carbons (Fsp3) is 0.0556. The Balaban J connectivity index is 1.84. The second kappa shape index (κ2) is 6.20. The van der Waals surface area contributed by atoms with E-state index in [2.05, 4.69) is 21.2 Å². The normalized spacial score (nSPS) is 10.5. The molecule has 0 spiro atoms. The lowest BCUT2D eigenvalue weighted by Gasteiger charge is -2.03. The van der Waals surface area contributed by atoms with E-state index in [1.165, 1.54) is 0 Å². The number of hydrogen-bond acceptors (Lipinski definition) is 2. The Morgan fingerprint density at radius 2 is 1.73 bits per heavy atom. The minimum absolute atomic E-state index is 0.175. The van der Waals surface area contributed by atoms with E-state index >= 15 is 0 Å². The molecule has 3 aromatic rings. The molecule has 1 amide bonds. The van der Waals surface area contributed by atoms with Crippen LogP contribution in [-0.4, -0.2) is 5.91 Å². The summed E-state index contributed by atoms with van der Waals surface area (Å²) in [6.07, 6.45) is 0. The number of carbonyl (C=O) groups excluding carboxylic acids is 1. The molecule has 0 aliphatic heterocycles. The molecule has 0 radical (unpaired) electrons. The van der Waals surface area contributed by atoms with Gasteiger partial charge in [-0.05, 0) is 37.3 Å². The van der Waals surface area contributed by atoms with E-state index in [0.717, 1.165) is 15.7 Å². The predicted octanol–water partition coefficient (Wildman–Crippen LogP) is 5.27. The lowest BCUT2D eigenvalue weighted by atomic mass is 10.1. The molecule has 22 heavy (non-hydrogen) atoms. The van der Waals surface area contributed by atoms with Crippen LogP contribution in [0.3, 0.4) is 0 Å². The van der Waals surface area contributed by atoms with Gasteiger partial charge in [0, 0.05) is 15.7 Å². The van der Waals surface area contributed by atoms with Gasteiger partial charge in [-0.2, -0.15) is 0 Å². The van der Waals surface area contributed by atoms with Crippen LogP contribution < -0.4 is 5.32 Å². The second-order valence-electron chi connectivity index (χ2n) is 4.91. The molecule has 2 aromatic carbocycles. The smallest absolute Gasteiger partial charge is 0.259 e. The molecule has 0 saturated heterocycles. The van der Waals surface area contributed by atoms with Crippen LogP contribution in [0.1, 0.15) is 16.1 Å². The van der Waals surface area contributed by atoms with E-state index in [4.69, 9.17) is 4.42 Å². The Labute approximate surface area is 137 Å². The third-order valence-corrected chi connectivity index (χ3v) is 3.85. The molecule has 1 N–H and O–H groups in total. The molecular formula is C18H14BrNO2. The van der Waals surface area contributed by atoms with Gasteiger partial charge in [0.15, 0.2) is 0 Å². The first-order chi connectivity index (χ1) is 10.6. The largest absolute Gasteiger partial charge is 0.461 e. The molecule has 0 aliphatic rings. The van der Waals surface area contributed by atoms with Crippen molar-refractivity contribution in [3.05, 3.63) is 76.5 Å². The minimum Gasteiger partial charge on any atom is -0.461 e. The van der Waals surface area contributed by atoms with Crippen molar-refractivity contribution in [1.29, 1.82) is 0 Å². The number of furan rings is 1. The highest BCUT2D eigenvalue weighted by Gasteiger charge is 2.16. The summed E-state index contributed by atoms with van der Waals surface area (Å²) in [6.45, 7) is 1.79. The van der Waals surface area contributed by atoms with Crippen molar-refractivity contribution >= 4 is 27.5 Å². The van der Waals surface area contributed by atoms with Gasteiger partial charge in [-0.3, -0.25) is 4.79 Å². The lowest BCUT2D eigenvalue weighted by Crippen LogP contribution is -2.11. The van der Waals surface area contributed by atoms with E-state index in [9.17, 15) is 4.79 Å². The summed E-state index contributed by atoms with van der Waals surface area (Å²) in [5.41, 5.74) is 2.24. The first kappa shape index (κ1) is 14.6. The summed E-state index contributed by atoms with van der Waals surface area (Å²) in [5, 5.41) is 2.87. The first-order valence-electron chi connectivity index (χ1n) is 6.86. The Kier molecular flexibility index (Phi) is 4.11. The van der Waals surface area contributed by atoms with Crippen molar-refractivity contribution < 1.29 is 9.21 Å². The van der Waals surface area contributed by atoms with Crippen LogP contribution in [0.5, 0.6) is 0 Å². The maximum atomic E-state index is 12.4. The van der Waals surface area contributed by atoms with Crippen molar-refractivity contribution in [3.63, 3.8) is 0 Å². The van der Waals surface area contributed by atoms with E-state index in [0.29, 0.717) is 17.1 Å². The van der Waals surface area contributed by atoms with Gasteiger partial charge in [-0.15, -0.1) is 0 Å². The summed E-state index contributed by atoms with van der Waals surface area (Å²) in [4.78, 5) is 12.4. The molecule has 3 nitrogen and oxygen atoms in total. The van der Waals surface area contributed by atoms with Gasteiger partial charge in [0.1, 0.15) is 11.5 Å². The Hall–Kier alpha value is -2.33. The molecule has 0 bridgehead atoms. The molecule has 1 heterocycles. The molecule has 0 unspecified atom stereocenters. The van der Waals surface area contributed by atoms with Gasteiger partial charge in [-0.25, -0.2) is 0 Å². The van der Waals surface area contributed by atoms with Crippen LogP contribution >= 0.6 is 15.9 Å². The van der Waals surface area contributed by atoms with Gasteiger partial charge >= 0.3 is 0 Å². The predicted molar refractivity (Wildman–Crippen MR) is 91.0 cm³/mol. The van der Waals surface area contributed by atoms with Gasteiger partial charge in [0.05, 0.1) is 5.56 Å². The maximum absolute atomic E-state index is 12.4. The zero-order valence-electron chi connectivity index (χ0n) is 12.0. The number of amides is 1. The Morgan fingerprint density at radius 3 is 2.41 bits per heavy atom. The summed E-state index contributed by atoms with van der Waals surface area (Å²) >= 11 is 3.37. The number of aryl methyl sites for hydroxylation is 1. The van der Waals surface area contributed by atoms with Crippen LogP contribution in [0.15, 0.2) is 69.6 Å². The minimum atomic E-state index is -0.175. The fourth-order valence-electron chi connectivity index (χ4n) is 2.18. The molecule has 110 valence electrons. The molecule has 0 atom stereocenters. The third kappa shape index (κ3) is 3.12. The highest BCUT2D eigenvalue weighted by Crippen LogP contribution is 2.26. The highest BCUT2D eigenvalue weighted by molar-refractivity contribution is 9.10. The third-order valence-electron chi connectivity index (χ3n) is 3.32. The standard InChI is InChI=1S/C18H14BrNO2/c1-12-16(11-17(22-12)13-5-3-2-4-6-13)18(21)20-15-9-7-14(19)8-10-15/h2-11H,1H3,(H,20,21). The van der Waals surface area contributed by atoms with E-state index in [1.54, 1.807) is 13.0 Å². The number of rotatable bonds is 3. The molecule has 4 heteroatoms. The fourth-order valence-corrected chi connectivity index (χ4v) is 2.45. The zero-order valence-corrected chi connectivity index (χ0v) is 13.6. The summed E-state index contributed by atoms with van der Waals surface area (Å²) < 4.78 is 6.68. The Morgan fingerprint density at radius 1 is 1.05 bits per heavy atom. The van der Waals surface area contributed by atoms with Crippen LogP contribution in [0.2, 0.25) is 0 Å². The van der Waals surface area contributed by atoms with Gasteiger partial charge < -0.3 is 9.73 Å². The monoisotopic (exact) mass is 355 g/mol. The van der Waals surface area contributed by atoms with E-state index in [1.807, 2.05) is 54.6 Å². The maximum Gasteiger partial charge on any atom is 0.259 e. The van der Waals surface area contributed by atoms with Crippen LogP contribution in [0, 0.1) is 6.92 Å². The van der Waals surface area contributed by atoms with Crippen LogP contribution in [0.25, 0.3) is 11.3 Å². The lowest BCUT2D eigenvalue weighted by molar-refractivity contribution is 0.102. The van der Waals surface area contributed by atoms with Gasteiger partial charge in [0.2, 0.25) is 0 Å². The van der Waals surface area contributed by atoms with Crippen molar-refractivity contribution in [1.82, 2.24) is 0 Å². The summed E-state index contributed by atoms with van der Waals surface area (Å²) in [5.74, 6) is 1.12. The first-order valence-corrected chi connectivity index (χ1v) is 7.65. The Bertz CT molecular complexity index is 792. The highest BCUT2D eigenvalue weighted by atomic mass is 79.9. The average Bonchev–Trinajstić information content (AvgIpc) is 2.92. The quantitative estimate of drug-likeness (QED) is 0.695. The second-order valence-corrected chi connectivity index (χ2v) is 5.82. The van der Waals surface area contributed by atoms with Gasteiger partial charge in [-0.1, -0.05) is 46.3 Å². The summed E-state index contributed by atoms with van der Waals surface area (Å²) in [7, 11) is 0. The average molecular weight is 356 g/mol. The van der Waals surface area contributed by atoms with Crippen molar-refractivity contribution in [3.8, 4) is 11.3 Å². The molecular weight excluding hydrogens is 342 g/mol. The number of halogens is 1. The van der Waals surface area contributed by atoms with E-state index < -0.39 is 0 Å².